The molecule has 106 valence electrons. The van der Waals surface area contributed by atoms with E-state index in [1.54, 1.807) is 7.11 Å². The molecule has 2 N–H and O–H groups in total. The maximum absolute atomic E-state index is 11.5. The van der Waals surface area contributed by atoms with Crippen LogP contribution in [-0.2, 0) is 9.84 Å². The monoisotopic (exact) mass is 283 g/mol. The van der Waals surface area contributed by atoms with Crippen molar-refractivity contribution in [2.45, 2.75) is 26.3 Å². The molecule has 1 saturated heterocycles. The highest BCUT2D eigenvalue weighted by atomic mass is 32.2. The molecule has 0 radical (unpaired) electrons. The number of nitrogens with two attached hydrogens (primary N) is 1. The molecule has 4 nitrogen and oxygen atoms in total. The average molecular weight is 283 g/mol. The lowest BCUT2D eigenvalue weighted by Gasteiger charge is -2.20. The zero-order chi connectivity index (χ0) is 14.2. The molecule has 0 spiro atoms. The zero-order valence-corrected chi connectivity index (χ0v) is 12.5. The molecule has 1 aliphatic heterocycles. The summed E-state index contributed by atoms with van der Waals surface area (Å²) < 4.78 is 28.4. The number of hydrogen-bond acceptors (Lipinski definition) is 4. The fourth-order valence-electron chi connectivity index (χ4n) is 2.88. The van der Waals surface area contributed by atoms with Crippen LogP contribution >= 0.6 is 0 Å². The first-order valence-corrected chi connectivity index (χ1v) is 8.27. The van der Waals surface area contributed by atoms with Crippen LogP contribution in [-0.4, -0.2) is 27.0 Å². The predicted molar refractivity (Wildman–Crippen MR) is 76.2 cm³/mol. The van der Waals surface area contributed by atoms with Gasteiger partial charge in [0.15, 0.2) is 9.84 Å². The molecule has 1 heterocycles. The quantitative estimate of drug-likeness (QED) is 0.917. The minimum Gasteiger partial charge on any atom is -0.496 e. The van der Waals surface area contributed by atoms with Gasteiger partial charge in [-0.05, 0) is 42.9 Å². The van der Waals surface area contributed by atoms with Gasteiger partial charge in [0, 0.05) is 6.04 Å². The summed E-state index contributed by atoms with van der Waals surface area (Å²) in [6.45, 7) is 3.96. The van der Waals surface area contributed by atoms with Gasteiger partial charge in [0.25, 0.3) is 0 Å². The fourth-order valence-corrected chi connectivity index (χ4v) is 4.73. The van der Waals surface area contributed by atoms with Gasteiger partial charge in [-0.3, -0.25) is 0 Å². The molecule has 19 heavy (non-hydrogen) atoms. The van der Waals surface area contributed by atoms with E-state index >= 15 is 0 Å². The van der Waals surface area contributed by atoms with Crippen molar-refractivity contribution in [1.29, 1.82) is 0 Å². The van der Waals surface area contributed by atoms with Crippen molar-refractivity contribution in [3.05, 3.63) is 28.8 Å². The first kappa shape index (κ1) is 14.3. The number of sulfone groups is 1. The molecule has 1 aromatic rings. The average Bonchev–Trinajstić information content (AvgIpc) is 2.68. The molecular formula is C14H21NO3S. The van der Waals surface area contributed by atoms with Crippen LogP contribution in [0.25, 0.3) is 0 Å². The molecule has 2 rings (SSSR count). The topological polar surface area (TPSA) is 69.4 Å². The van der Waals surface area contributed by atoms with E-state index in [2.05, 4.69) is 0 Å². The van der Waals surface area contributed by atoms with Gasteiger partial charge in [-0.15, -0.1) is 0 Å². The van der Waals surface area contributed by atoms with Crippen LogP contribution in [0.3, 0.4) is 0 Å². The van der Waals surface area contributed by atoms with Gasteiger partial charge >= 0.3 is 0 Å². The lowest BCUT2D eigenvalue weighted by atomic mass is 9.91. The summed E-state index contributed by atoms with van der Waals surface area (Å²) in [7, 11) is -1.23. The highest BCUT2D eigenvalue weighted by Crippen LogP contribution is 2.33. The van der Waals surface area contributed by atoms with Crippen molar-refractivity contribution >= 4 is 9.84 Å². The van der Waals surface area contributed by atoms with E-state index in [1.165, 1.54) is 0 Å². The molecule has 2 atom stereocenters. The molecular weight excluding hydrogens is 262 g/mol. The lowest BCUT2D eigenvalue weighted by molar-refractivity contribution is 0.407. The van der Waals surface area contributed by atoms with Crippen molar-refractivity contribution in [3.63, 3.8) is 0 Å². The number of ether oxygens (including phenoxy) is 1. The largest absolute Gasteiger partial charge is 0.496 e. The Bertz CT molecular complexity index is 557. The lowest BCUT2D eigenvalue weighted by Crippen LogP contribution is -2.22. The Balaban J connectivity index is 2.28. The molecule has 0 aromatic heterocycles. The smallest absolute Gasteiger partial charge is 0.150 e. The summed E-state index contributed by atoms with van der Waals surface area (Å²) >= 11 is 0. The van der Waals surface area contributed by atoms with Crippen LogP contribution in [0.1, 0.15) is 29.2 Å². The Morgan fingerprint density at radius 1 is 1.32 bits per heavy atom. The molecule has 0 bridgehead atoms. The maximum Gasteiger partial charge on any atom is 0.150 e. The van der Waals surface area contributed by atoms with Crippen LogP contribution in [0.2, 0.25) is 0 Å². The van der Waals surface area contributed by atoms with Gasteiger partial charge in [-0.1, -0.05) is 12.1 Å². The highest BCUT2D eigenvalue weighted by Gasteiger charge is 2.32. The van der Waals surface area contributed by atoms with Crippen molar-refractivity contribution < 1.29 is 13.2 Å². The molecule has 0 saturated carbocycles. The van der Waals surface area contributed by atoms with Gasteiger partial charge in [0.05, 0.1) is 18.6 Å². The minimum atomic E-state index is -2.89. The van der Waals surface area contributed by atoms with E-state index in [0.717, 1.165) is 22.4 Å². The predicted octanol–water partition coefficient (Wildman–Crippen LogP) is 1.75. The van der Waals surface area contributed by atoms with Crippen molar-refractivity contribution in [2.75, 3.05) is 18.6 Å². The van der Waals surface area contributed by atoms with E-state index in [-0.39, 0.29) is 23.5 Å². The van der Waals surface area contributed by atoms with Crippen LogP contribution in [0.4, 0.5) is 0 Å². The van der Waals surface area contributed by atoms with Gasteiger partial charge in [0.2, 0.25) is 0 Å². The van der Waals surface area contributed by atoms with E-state index in [0.29, 0.717) is 6.42 Å². The van der Waals surface area contributed by atoms with Gasteiger partial charge in [-0.25, -0.2) is 8.42 Å². The van der Waals surface area contributed by atoms with Crippen LogP contribution < -0.4 is 10.5 Å². The van der Waals surface area contributed by atoms with Crippen LogP contribution in [0.5, 0.6) is 5.75 Å². The first-order chi connectivity index (χ1) is 8.84. The summed E-state index contributed by atoms with van der Waals surface area (Å²) in [5.74, 6) is 1.37. The van der Waals surface area contributed by atoms with E-state index in [1.807, 2.05) is 26.0 Å². The Kier molecular flexibility index (Phi) is 3.87. The van der Waals surface area contributed by atoms with Gasteiger partial charge in [0.1, 0.15) is 5.75 Å². The van der Waals surface area contributed by atoms with Crippen molar-refractivity contribution in [1.82, 2.24) is 0 Å². The summed E-state index contributed by atoms with van der Waals surface area (Å²) in [6, 6.07) is 3.78. The third kappa shape index (κ3) is 2.92. The second-order valence-electron chi connectivity index (χ2n) is 5.38. The zero-order valence-electron chi connectivity index (χ0n) is 11.6. The van der Waals surface area contributed by atoms with E-state index in [9.17, 15) is 8.42 Å². The molecule has 5 heteroatoms. The molecule has 2 unspecified atom stereocenters. The fraction of sp³-hybridized carbons (Fsp3) is 0.571. The maximum atomic E-state index is 11.5. The summed E-state index contributed by atoms with van der Waals surface area (Å²) in [4.78, 5) is 0. The van der Waals surface area contributed by atoms with Gasteiger partial charge < -0.3 is 10.5 Å². The van der Waals surface area contributed by atoms with Crippen LogP contribution in [0, 0.1) is 19.8 Å². The molecule has 1 aliphatic rings. The van der Waals surface area contributed by atoms with Crippen molar-refractivity contribution in [3.8, 4) is 5.75 Å². The Morgan fingerprint density at radius 3 is 2.32 bits per heavy atom. The number of rotatable bonds is 3. The third-order valence-electron chi connectivity index (χ3n) is 3.85. The molecule has 0 aliphatic carbocycles. The summed E-state index contributed by atoms with van der Waals surface area (Å²) in [5.41, 5.74) is 9.32. The molecule has 1 aromatic carbocycles. The Morgan fingerprint density at radius 2 is 1.89 bits per heavy atom. The SMILES string of the molecule is COc1c(C)cc(C(N)C2CCS(=O)(=O)C2)cc1C. The Labute approximate surface area is 114 Å². The van der Waals surface area contributed by atoms with Crippen LogP contribution in [0.15, 0.2) is 12.1 Å². The highest BCUT2D eigenvalue weighted by molar-refractivity contribution is 7.91. The second kappa shape index (κ2) is 5.13. The van der Waals surface area contributed by atoms with E-state index in [4.69, 9.17) is 10.5 Å². The minimum absolute atomic E-state index is 0.0252. The number of methoxy groups -OCH3 is 1. The number of hydrogen-bond donors (Lipinski definition) is 1. The van der Waals surface area contributed by atoms with E-state index < -0.39 is 9.84 Å². The standard InChI is InChI=1S/C14H21NO3S/c1-9-6-12(7-10(2)14(9)18-3)13(15)11-4-5-19(16,17)8-11/h6-7,11,13H,4-5,8,15H2,1-3H3. The first-order valence-electron chi connectivity index (χ1n) is 6.45. The third-order valence-corrected chi connectivity index (χ3v) is 5.64. The molecule has 0 amide bonds. The normalized spacial score (nSPS) is 23.3. The number of aryl methyl sites for hydroxylation is 2. The second-order valence-corrected chi connectivity index (χ2v) is 7.61. The van der Waals surface area contributed by atoms with Gasteiger partial charge in [-0.2, -0.15) is 0 Å². The summed E-state index contributed by atoms with van der Waals surface area (Å²) in [5, 5.41) is 0. The Hall–Kier alpha value is -1.07. The van der Waals surface area contributed by atoms with Crippen molar-refractivity contribution in [2.24, 2.45) is 11.7 Å². The summed E-state index contributed by atoms with van der Waals surface area (Å²) in [6.07, 6.45) is 0.660. The molecule has 1 fully saturated rings. The number of benzene rings is 1.